The van der Waals surface area contributed by atoms with Crippen LogP contribution in [-0.2, 0) is 4.79 Å². The smallest absolute Gasteiger partial charge is 0.261 e. The van der Waals surface area contributed by atoms with Gasteiger partial charge in [0.15, 0.2) is 0 Å². The number of amides is 3. The van der Waals surface area contributed by atoms with Gasteiger partial charge in [-0.15, -0.1) is 6.58 Å². The van der Waals surface area contributed by atoms with Gasteiger partial charge in [-0.2, -0.15) is 0 Å². The Balaban J connectivity index is 1.37. The topological polar surface area (TPSA) is 66.9 Å². The maximum atomic E-state index is 13.0. The predicted octanol–water partition coefficient (Wildman–Crippen LogP) is 3.94. The quantitative estimate of drug-likeness (QED) is 0.324. The molecule has 1 fully saturated rings. The van der Waals surface area contributed by atoms with Gasteiger partial charge in [0.2, 0.25) is 5.91 Å². The Bertz CT molecular complexity index is 969. The van der Waals surface area contributed by atoms with E-state index in [1.54, 1.807) is 30.3 Å². The van der Waals surface area contributed by atoms with Crippen LogP contribution >= 0.6 is 0 Å². The van der Waals surface area contributed by atoms with E-state index < -0.39 is 0 Å². The van der Waals surface area contributed by atoms with Crippen molar-refractivity contribution in [2.45, 2.75) is 31.7 Å². The summed E-state index contributed by atoms with van der Waals surface area (Å²) in [7, 11) is 0. The zero-order valence-corrected chi connectivity index (χ0v) is 18.1. The van der Waals surface area contributed by atoms with Crippen LogP contribution < -0.4 is 4.74 Å². The summed E-state index contributed by atoms with van der Waals surface area (Å²) >= 11 is 0. The molecule has 0 bridgehead atoms. The Hall–Kier alpha value is -3.41. The molecule has 2 aliphatic rings. The third-order valence-electron chi connectivity index (χ3n) is 6.16. The minimum absolute atomic E-state index is 0.0792. The lowest BCUT2D eigenvalue weighted by Crippen LogP contribution is -2.44. The van der Waals surface area contributed by atoms with E-state index in [2.05, 4.69) is 6.58 Å². The summed E-state index contributed by atoms with van der Waals surface area (Å²) < 4.78 is 5.74. The SMILES string of the molecule is C=CCC1CC(CN2C(=O)c3ccccc3C2=O)N(CCCCOc2ccccc2)C1=O. The highest BCUT2D eigenvalue weighted by atomic mass is 16.5. The Morgan fingerprint density at radius 3 is 2.25 bits per heavy atom. The van der Waals surface area contributed by atoms with Gasteiger partial charge in [-0.1, -0.05) is 36.4 Å². The fourth-order valence-corrected chi connectivity index (χ4v) is 4.54. The number of hydrogen-bond acceptors (Lipinski definition) is 4. The van der Waals surface area contributed by atoms with Crippen molar-refractivity contribution >= 4 is 17.7 Å². The van der Waals surface area contributed by atoms with E-state index in [0.29, 0.717) is 37.1 Å². The van der Waals surface area contributed by atoms with Gasteiger partial charge >= 0.3 is 0 Å². The molecule has 2 heterocycles. The van der Waals surface area contributed by atoms with Gasteiger partial charge in [0.05, 0.1) is 23.8 Å². The van der Waals surface area contributed by atoms with Gasteiger partial charge in [0, 0.05) is 19.0 Å². The summed E-state index contributed by atoms with van der Waals surface area (Å²) in [6, 6.07) is 16.4. The molecule has 3 amide bonds. The van der Waals surface area contributed by atoms with Crippen molar-refractivity contribution in [2.24, 2.45) is 5.92 Å². The number of hydrogen-bond donors (Lipinski definition) is 0. The lowest BCUT2D eigenvalue weighted by Gasteiger charge is -2.28. The summed E-state index contributed by atoms with van der Waals surface area (Å²) in [4.78, 5) is 41.7. The van der Waals surface area contributed by atoms with Crippen molar-refractivity contribution in [3.05, 3.63) is 78.4 Å². The number of fused-ring (bicyclic) bond motifs is 1. The second-order valence-corrected chi connectivity index (χ2v) is 8.28. The molecule has 1 saturated heterocycles. The molecule has 0 spiro atoms. The van der Waals surface area contributed by atoms with Gasteiger partial charge in [0.1, 0.15) is 5.75 Å². The van der Waals surface area contributed by atoms with Crippen LogP contribution in [0.1, 0.15) is 46.4 Å². The third kappa shape index (κ3) is 4.44. The van der Waals surface area contributed by atoms with E-state index in [-0.39, 0.29) is 36.2 Å². The molecule has 0 aliphatic carbocycles. The van der Waals surface area contributed by atoms with Crippen LogP contribution in [0.3, 0.4) is 0 Å². The first kappa shape index (κ1) is 21.8. The third-order valence-corrected chi connectivity index (χ3v) is 6.16. The number of likely N-dealkylation sites (tertiary alicyclic amines) is 1. The molecule has 4 rings (SSSR count). The second kappa shape index (κ2) is 9.81. The molecule has 2 unspecified atom stereocenters. The van der Waals surface area contributed by atoms with E-state index in [1.165, 1.54) is 4.90 Å². The minimum Gasteiger partial charge on any atom is -0.494 e. The average molecular weight is 433 g/mol. The van der Waals surface area contributed by atoms with Crippen molar-refractivity contribution in [1.82, 2.24) is 9.80 Å². The first-order chi connectivity index (χ1) is 15.6. The number of imide groups is 1. The van der Waals surface area contributed by atoms with Crippen molar-refractivity contribution in [1.29, 1.82) is 0 Å². The van der Waals surface area contributed by atoms with Crippen molar-refractivity contribution < 1.29 is 19.1 Å². The lowest BCUT2D eigenvalue weighted by atomic mass is 10.0. The number of ether oxygens (including phenoxy) is 1. The monoisotopic (exact) mass is 432 g/mol. The Labute approximate surface area is 188 Å². The number of benzene rings is 2. The average Bonchev–Trinajstić information content (AvgIpc) is 3.23. The van der Waals surface area contributed by atoms with Gasteiger partial charge < -0.3 is 9.64 Å². The summed E-state index contributed by atoms with van der Waals surface area (Å²) in [5, 5.41) is 0. The van der Waals surface area contributed by atoms with Crippen molar-refractivity contribution in [3.63, 3.8) is 0 Å². The number of rotatable bonds is 10. The van der Waals surface area contributed by atoms with Crippen molar-refractivity contribution in [2.75, 3.05) is 19.7 Å². The first-order valence-electron chi connectivity index (χ1n) is 11.1. The number of allylic oxidation sites excluding steroid dienone is 1. The summed E-state index contributed by atoms with van der Waals surface area (Å²) in [6.07, 6.45) is 4.59. The zero-order valence-electron chi connectivity index (χ0n) is 18.1. The van der Waals surface area contributed by atoms with Crippen LogP contribution in [0.2, 0.25) is 0 Å². The molecule has 0 radical (unpaired) electrons. The van der Waals surface area contributed by atoms with E-state index in [4.69, 9.17) is 4.74 Å². The van der Waals surface area contributed by atoms with Crippen LogP contribution in [0.4, 0.5) is 0 Å². The number of unbranched alkanes of at least 4 members (excludes halogenated alkanes) is 1. The molecule has 2 atom stereocenters. The number of carbonyl (C=O) groups is 3. The Kier molecular flexibility index (Phi) is 6.69. The standard InChI is InChI=1S/C26H28N2O4/c1-2-10-19-17-20(18-28-25(30)22-13-6-7-14-23(22)26(28)31)27(24(19)29)15-8-9-16-32-21-11-4-3-5-12-21/h2-7,11-14,19-20H,1,8-10,15-18H2. The molecule has 166 valence electrons. The summed E-state index contributed by atoms with van der Waals surface area (Å²) in [6.45, 7) is 5.16. The molecule has 0 N–H and O–H groups in total. The lowest BCUT2D eigenvalue weighted by molar-refractivity contribution is -0.132. The molecular formula is C26H28N2O4. The van der Waals surface area contributed by atoms with Gasteiger partial charge in [0.25, 0.3) is 11.8 Å². The fourth-order valence-electron chi connectivity index (χ4n) is 4.54. The highest BCUT2D eigenvalue weighted by molar-refractivity contribution is 6.21. The molecule has 0 aromatic heterocycles. The highest BCUT2D eigenvalue weighted by Gasteiger charge is 2.43. The van der Waals surface area contributed by atoms with E-state index in [1.807, 2.05) is 35.2 Å². The Morgan fingerprint density at radius 2 is 1.59 bits per heavy atom. The van der Waals surface area contributed by atoms with Crippen LogP contribution in [0.15, 0.2) is 67.3 Å². The molecule has 6 heteroatoms. The summed E-state index contributed by atoms with van der Waals surface area (Å²) in [5.74, 6) is 0.214. The molecule has 2 aromatic rings. The van der Waals surface area contributed by atoms with Crippen LogP contribution in [0.25, 0.3) is 0 Å². The number of para-hydroxylation sites is 1. The van der Waals surface area contributed by atoms with Gasteiger partial charge in [-0.3, -0.25) is 19.3 Å². The van der Waals surface area contributed by atoms with Crippen molar-refractivity contribution in [3.8, 4) is 5.75 Å². The van der Waals surface area contributed by atoms with E-state index in [9.17, 15) is 14.4 Å². The van der Waals surface area contributed by atoms with Crippen LogP contribution in [-0.4, -0.2) is 53.3 Å². The molecular weight excluding hydrogens is 404 g/mol. The maximum absolute atomic E-state index is 13.0. The largest absolute Gasteiger partial charge is 0.494 e. The molecule has 2 aromatic carbocycles. The molecule has 6 nitrogen and oxygen atoms in total. The first-order valence-corrected chi connectivity index (χ1v) is 11.1. The van der Waals surface area contributed by atoms with E-state index in [0.717, 1.165) is 18.6 Å². The Morgan fingerprint density at radius 1 is 0.938 bits per heavy atom. The summed E-state index contributed by atoms with van der Waals surface area (Å²) in [5.41, 5.74) is 0.878. The van der Waals surface area contributed by atoms with E-state index >= 15 is 0 Å². The molecule has 32 heavy (non-hydrogen) atoms. The number of carbonyl (C=O) groups excluding carboxylic acids is 3. The van der Waals surface area contributed by atoms with Gasteiger partial charge in [-0.25, -0.2) is 0 Å². The zero-order chi connectivity index (χ0) is 22.5. The minimum atomic E-state index is -0.276. The second-order valence-electron chi connectivity index (χ2n) is 8.28. The molecule has 0 saturated carbocycles. The predicted molar refractivity (Wildman–Crippen MR) is 121 cm³/mol. The van der Waals surface area contributed by atoms with Gasteiger partial charge in [-0.05, 0) is 49.9 Å². The molecule has 2 aliphatic heterocycles. The van der Waals surface area contributed by atoms with Crippen LogP contribution in [0, 0.1) is 5.92 Å². The number of nitrogens with zero attached hydrogens (tertiary/aromatic N) is 2. The fraction of sp³-hybridized carbons (Fsp3) is 0.346. The highest BCUT2D eigenvalue weighted by Crippen LogP contribution is 2.31. The normalized spacial score (nSPS) is 20.1. The maximum Gasteiger partial charge on any atom is 0.261 e. The van der Waals surface area contributed by atoms with Crippen LogP contribution in [0.5, 0.6) is 5.75 Å².